The predicted molar refractivity (Wildman–Crippen MR) is 60.1 cm³/mol. The number of aromatic nitrogens is 2. The van der Waals surface area contributed by atoms with Crippen LogP contribution in [0.25, 0.3) is 0 Å². The van der Waals surface area contributed by atoms with E-state index in [1.165, 1.54) is 4.90 Å². The number of likely N-dealkylation sites (N-methyl/N-ethyl adjacent to an activating group) is 1. The van der Waals surface area contributed by atoms with Gasteiger partial charge in [-0.15, -0.1) is 0 Å². The number of aryl methyl sites for hydroxylation is 2. The molecule has 0 saturated carbocycles. The molecule has 0 aliphatic carbocycles. The molecular formula is C11H17N3O2. The van der Waals surface area contributed by atoms with Gasteiger partial charge in [0.15, 0.2) is 0 Å². The summed E-state index contributed by atoms with van der Waals surface area (Å²) in [6.07, 6.45) is 0. The minimum Gasteiger partial charge on any atom is -0.394 e. The third-order valence-corrected chi connectivity index (χ3v) is 2.58. The Morgan fingerprint density at radius 3 is 2.69 bits per heavy atom. The van der Waals surface area contributed by atoms with Crippen molar-refractivity contribution in [3.8, 4) is 0 Å². The van der Waals surface area contributed by atoms with Crippen LogP contribution in [0.5, 0.6) is 0 Å². The highest BCUT2D eigenvalue weighted by Gasteiger charge is 2.19. The van der Waals surface area contributed by atoms with Gasteiger partial charge in [0.25, 0.3) is 5.91 Å². The molecule has 1 heterocycles. The molecule has 1 N–H and O–H groups in total. The van der Waals surface area contributed by atoms with Gasteiger partial charge in [0.1, 0.15) is 0 Å². The molecule has 1 atom stereocenters. The molecule has 16 heavy (non-hydrogen) atoms. The molecule has 0 aliphatic rings. The average Bonchev–Trinajstić information content (AvgIpc) is 2.29. The number of aliphatic hydroxyl groups excluding tert-OH is 1. The van der Waals surface area contributed by atoms with E-state index in [0.717, 1.165) is 0 Å². The number of carbonyl (C=O) groups is 1. The normalized spacial score (nSPS) is 12.3. The van der Waals surface area contributed by atoms with E-state index in [-0.39, 0.29) is 18.6 Å². The molecule has 0 fully saturated rings. The second-order valence-corrected chi connectivity index (χ2v) is 3.93. The van der Waals surface area contributed by atoms with Gasteiger partial charge in [-0.05, 0) is 26.8 Å². The maximum Gasteiger partial charge on any atom is 0.255 e. The maximum absolute atomic E-state index is 12.1. The molecule has 0 aromatic carbocycles. The Labute approximate surface area is 95.1 Å². The van der Waals surface area contributed by atoms with Crippen LogP contribution in [0.3, 0.4) is 0 Å². The summed E-state index contributed by atoms with van der Waals surface area (Å²) in [5.74, 6) is -0.142. The van der Waals surface area contributed by atoms with Gasteiger partial charge in [0.05, 0.1) is 29.6 Å². The third-order valence-electron chi connectivity index (χ3n) is 2.58. The van der Waals surface area contributed by atoms with Crippen LogP contribution in [0.15, 0.2) is 6.07 Å². The molecule has 5 nitrogen and oxygen atoms in total. The quantitative estimate of drug-likeness (QED) is 0.812. The standard InChI is InChI=1S/C11H17N3O2/c1-7-5-10(9(3)13-12-7)11(16)14(4)8(2)6-15/h5,8,15H,6H2,1-4H3. The molecule has 1 aromatic rings. The van der Waals surface area contributed by atoms with Gasteiger partial charge in [0.2, 0.25) is 0 Å². The second-order valence-electron chi connectivity index (χ2n) is 3.93. The van der Waals surface area contributed by atoms with Gasteiger partial charge >= 0.3 is 0 Å². The lowest BCUT2D eigenvalue weighted by molar-refractivity contribution is 0.0680. The summed E-state index contributed by atoms with van der Waals surface area (Å²) in [7, 11) is 1.67. The van der Waals surface area contributed by atoms with Crippen molar-refractivity contribution in [1.82, 2.24) is 15.1 Å². The van der Waals surface area contributed by atoms with Crippen LogP contribution in [0, 0.1) is 13.8 Å². The Kier molecular flexibility index (Phi) is 3.95. The largest absolute Gasteiger partial charge is 0.394 e. The smallest absolute Gasteiger partial charge is 0.255 e. The highest BCUT2D eigenvalue weighted by Crippen LogP contribution is 2.10. The highest BCUT2D eigenvalue weighted by atomic mass is 16.3. The van der Waals surface area contributed by atoms with Crippen molar-refractivity contribution >= 4 is 5.91 Å². The fourth-order valence-electron chi connectivity index (χ4n) is 1.28. The van der Waals surface area contributed by atoms with E-state index in [2.05, 4.69) is 10.2 Å². The summed E-state index contributed by atoms with van der Waals surface area (Å²) in [4.78, 5) is 13.6. The zero-order valence-electron chi connectivity index (χ0n) is 10.1. The second kappa shape index (κ2) is 5.03. The molecule has 88 valence electrons. The van der Waals surface area contributed by atoms with Crippen molar-refractivity contribution in [2.75, 3.05) is 13.7 Å². The van der Waals surface area contributed by atoms with Crippen LogP contribution < -0.4 is 0 Å². The number of carbonyl (C=O) groups excluding carboxylic acids is 1. The summed E-state index contributed by atoms with van der Waals surface area (Å²) in [6, 6.07) is 1.51. The van der Waals surface area contributed by atoms with E-state index in [1.54, 1.807) is 33.9 Å². The fourth-order valence-corrected chi connectivity index (χ4v) is 1.28. The van der Waals surface area contributed by atoms with E-state index >= 15 is 0 Å². The van der Waals surface area contributed by atoms with Gasteiger partial charge in [0, 0.05) is 7.05 Å². The topological polar surface area (TPSA) is 66.3 Å². The summed E-state index contributed by atoms with van der Waals surface area (Å²) < 4.78 is 0. The van der Waals surface area contributed by atoms with Crippen molar-refractivity contribution in [2.24, 2.45) is 0 Å². The monoisotopic (exact) mass is 223 g/mol. The molecule has 0 spiro atoms. The summed E-state index contributed by atoms with van der Waals surface area (Å²) in [5.41, 5.74) is 1.85. The molecule has 5 heteroatoms. The average molecular weight is 223 g/mol. The molecule has 1 amide bonds. The minimum absolute atomic E-state index is 0.0568. The number of amides is 1. The van der Waals surface area contributed by atoms with E-state index in [1.807, 2.05) is 0 Å². The van der Waals surface area contributed by atoms with Gasteiger partial charge in [-0.25, -0.2) is 0 Å². The lowest BCUT2D eigenvalue weighted by Gasteiger charge is -2.23. The lowest BCUT2D eigenvalue weighted by Crippen LogP contribution is -2.37. The molecule has 0 bridgehead atoms. The highest BCUT2D eigenvalue weighted by molar-refractivity contribution is 5.95. The van der Waals surface area contributed by atoms with E-state index < -0.39 is 0 Å². The summed E-state index contributed by atoms with van der Waals surface area (Å²) >= 11 is 0. The number of hydrogen-bond acceptors (Lipinski definition) is 4. The number of aliphatic hydroxyl groups is 1. The molecule has 0 radical (unpaired) electrons. The van der Waals surface area contributed by atoms with Crippen molar-refractivity contribution < 1.29 is 9.90 Å². The van der Waals surface area contributed by atoms with E-state index in [0.29, 0.717) is 17.0 Å². The van der Waals surface area contributed by atoms with E-state index in [9.17, 15) is 4.79 Å². The van der Waals surface area contributed by atoms with Gasteiger partial charge in [-0.1, -0.05) is 0 Å². The number of nitrogens with zero attached hydrogens (tertiary/aromatic N) is 3. The predicted octanol–water partition coefficient (Wildman–Crippen LogP) is 0.546. The molecule has 1 aromatic heterocycles. The first kappa shape index (κ1) is 12.6. The SMILES string of the molecule is Cc1cc(C(=O)N(C)C(C)CO)c(C)nn1. The first-order chi connectivity index (χ1) is 7.47. The minimum atomic E-state index is -0.208. The third kappa shape index (κ3) is 2.55. The lowest BCUT2D eigenvalue weighted by atomic mass is 10.1. The van der Waals surface area contributed by atoms with Crippen molar-refractivity contribution in [3.63, 3.8) is 0 Å². The van der Waals surface area contributed by atoms with E-state index in [4.69, 9.17) is 5.11 Å². The number of rotatable bonds is 3. The Hall–Kier alpha value is -1.49. The first-order valence-electron chi connectivity index (χ1n) is 5.16. The maximum atomic E-state index is 12.1. The van der Waals surface area contributed by atoms with Crippen LogP contribution in [0.1, 0.15) is 28.7 Å². The molecule has 0 saturated heterocycles. The molecule has 0 aliphatic heterocycles. The van der Waals surface area contributed by atoms with Crippen LogP contribution in [-0.4, -0.2) is 45.8 Å². The van der Waals surface area contributed by atoms with Crippen molar-refractivity contribution in [1.29, 1.82) is 0 Å². The summed E-state index contributed by atoms with van der Waals surface area (Å²) in [5, 5.41) is 16.8. The van der Waals surface area contributed by atoms with Gasteiger partial charge < -0.3 is 10.0 Å². The Morgan fingerprint density at radius 1 is 1.50 bits per heavy atom. The zero-order valence-corrected chi connectivity index (χ0v) is 10.1. The fraction of sp³-hybridized carbons (Fsp3) is 0.545. The van der Waals surface area contributed by atoms with Gasteiger partial charge in [-0.2, -0.15) is 10.2 Å². The Bertz CT molecular complexity index is 393. The van der Waals surface area contributed by atoms with Gasteiger partial charge in [-0.3, -0.25) is 4.79 Å². The zero-order chi connectivity index (χ0) is 12.3. The molecule has 1 rings (SSSR count). The van der Waals surface area contributed by atoms with Crippen LogP contribution in [0.4, 0.5) is 0 Å². The number of hydrogen-bond donors (Lipinski definition) is 1. The van der Waals surface area contributed by atoms with Crippen molar-refractivity contribution in [3.05, 3.63) is 23.0 Å². The Balaban J connectivity index is 3.00. The first-order valence-corrected chi connectivity index (χ1v) is 5.16. The van der Waals surface area contributed by atoms with Crippen LogP contribution in [0.2, 0.25) is 0 Å². The van der Waals surface area contributed by atoms with Crippen LogP contribution in [-0.2, 0) is 0 Å². The summed E-state index contributed by atoms with van der Waals surface area (Å²) in [6.45, 7) is 5.27. The van der Waals surface area contributed by atoms with Crippen molar-refractivity contribution in [2.45, 2.75) is 26.8 Å². The Morgan fingerprint density at radius 2 is 2.12 bits per heavy atom. The van der Waals surface area contributed by atoms with Crippen LogP contribution >= 0.6 is 0 Å². The molecule has 1 unspecified atom stereocenters. The molecular weight excluding hydrogens is 206 g/mol.